The highest BCUT2D eigenvalue weighted by atomic mass is 32.2. The van der Waals surface area contributed by atoms with Crippen LogP contribution in [0.5, 0.6) is 0 Å². The molecule has 4 N–H and O–H groups in total. The van der Waals surface area contributed by atoms with Gasteiger partial charge in [0.1, 0.15) is 0 Å². The standard InChI is InChI=1S/C8H16N2O6S2/c11-7-3-17(13,14)1-5(7)9-10-6-2-18(15,16)4-8(6)12/h5-12H,1-4H2/t5-,6-,7-,8+/m1/s1. The Labute approximate surface area is 105 Å². The van der Waals surface area contributed by atoms with Gasteiger partial charge in [-0.15, -0.1) is 0 Å². The number of aliphatic hydroxyl groups is 2. The summed E-state index contributed by atoms with van der Waals surface area (Å²) in [5, 5.41) is 19.0. The Kier molecular flexibility index (Phi) is 3.69. The summed E-state index contributed by atoms with van der Waals surface area (Å²) in [6, 6.07) is -1.38. The molecule has 0 aromatic rings. The highest BCUT2D eigenvalue weighted by Gasteiger charge is 2.39. The van der Waals surface area contributed by atoms with Crippen molar-refractivity contribution in [2.75, 3.05) is 23.0 Å². The van der Waals surface area contributed by atoms with E-state index < -0.39 is 44.0 Å². The van der Waals surface area contributed by atoms with Crippen LogP contribution in [0.1, 0.15) is 0 Å². The first-order valence-electron chi connectivity index (χ1n) is 5.46. The van der Waals surface area contributed by atoms with Gasteiger partial charge >= 0.3 is 0 Å². The predicted octanol–water partition coefficient (Wildman–Crippen LogP) is -3.60. The summed E-state index contributed by atoms with van der Waals surface area (Å²) in [7, 11) is -6.52. The van der Waals surface area contributed by atoms with Crippen LogP contribution in [0, 0.1) is 0 Å². The molecule has 4 atom stereocenters. The van der Waals surface area contributed by atoms with Gasteiger partial charge in [-0.3, -0.25) is 10.9 Å². The van der Waals surface area contributed by atoms with Gasteiger partial charge < -0.3 is 10.2 Å². The molecule has 10 heteroatoms. The normalized spacial score (nSPS) is 42.1. The van der Waals surface area contributed by atoms with Crippen LogP contribution in [0.2, 0.25) is 0 Å². The second-order valence-corrected chi connectivity index (χ2v) is 9.10. The Bertz CT molecular complexity index is 468. The molecule has 0 aromatic carbocycles. The average Bonchev–Trinajstić information content (AvgIpc) is 2.59. The van der Waals surface area contributed by atoms with Gasteiger partial charge in [-0.1, -0.05) is 0 Å². The Morgan fingerprint density at radius 1 is 0.722 bits per heavy atom. The summed E-state index contributed by atoms with van der Waals surface area (Å²) in [6.45, 7) is 0. The SMILES string of the molecule is O=S1(=O)C[C@@H](O)[C@H](NN[C@@H]2CS(=O)(=O)C[C@@H]2O)C1. The van der Waals surface area contributed by atoms with Crippen molar-refractivity contribution >= 4 is 19.7 Å². The van der Waals surface area contributed by atoms with Crippen LogP contribution in [0.3, 0.4) is 0 Å². The third-order valence-electron chi connectivity index (χ3n) is 3.10. The van der Waals surface area contributed by atoms with E-state index in [9.17, 15) is 27.0 Å². The van der Waals surface area contributed by atoms with Crippen molar-refractivity contribution in [1.29, 1.82) is 0 Å². The first-order chi connectivity index (χ1) is 8.19. The number of hydrazine groups is 1. The highest BCUT2D eigenvalue weighted by molar-refractivity contribution is 7.92. The lowest BCUT2D eigenvalue weighted by atomic mass is 10.2. The molecule has 2 rings (SSSR count). The van der Waals surface area contributed by atoms with Crippen molar-refractivity contribution in [3.63, 3.8) is 0 Å². The van der Waals surface area contributed by atoms with Crippen LogP contribution >= 0.6 is 0 Å². The van der Waals surface area contributed by atoms with E-state index >= 15 is 0 Å². The summed E-state index contributed by atoms with van der Waals surface area (Å²) in [6.07, 6.45) is -2.06. The van der Waals surface area contributed by atoms with Crippen molar-refractivity contribution in [2.24, 2.45) is 0 Å². The van der Waals surface area contributed by atoms with E-state index in [0.717, 1.165) is 0 Å². The predicted molar refractivity (Wildman–Crippen MR) is 63.2 cm³/mol. The summed E-state index contributed by atoms with van der Waals surface area (Å²) in [5.41, 5.74) is 5.19. The Hall–Kier alpha value is -0.260. The van der Waals surface area contributed by atoms with Crippen LogP contribution in [0.25, 0.3) is 0 Å². The smallest absolute Gasteiger partial charge is 0.154 e. The minimum Gasteiger partial charge on any atom is -0.390 e. The van der Waals surface area contributed by atoms with E-state index in [4.69, 9.17) is 0 Å². The maximum atomic E-state index is 11.2. The third-order valence-corrected chi connectivity index (χ3v) is 6.53. The van der Waals surface area contributed by atoms with Crippen molar-refractivity contribution in [1.82, 2.24) is 10.9 Å². The molecule has 2 aliphatic rings. The second kappa shape index (κ2) is 4.69. The number of hydrogen-bond acceptors (Lipinski definition) is 8. The maximum absolute atomic E-state index is 11.2. The molecule has 0 aliphatic carbocycles. The molecule has 18 heavy (non-hydrogen) atoms. The zero-order valence-corrected chi connectivity index (χ0v) is 11.1. The molecule has 0 spiro atoms. The van der Waals surface area contributed by atoms with E-state index in [1.54, 1.807) is 0 Å². The minimum atomic E-state index is -3.26. The highest BCUT2D eigenvalue weighted by Crippen LogP contribution is 2.14. The molecule has 2 fully saturated rings. The lowest BCUT2D eigenvalue weighted by Crippen LogP contribution is -2.54. The van der Waals surface area contributed by atoms with Gasteiger partial charge in [0.05, 0.1) is 47.3 Å². The topological polar surface area (TPSA) is 133 Å². The molecule has 106 valence electrons. The zero-order valence-electron chi connectivity index (χ0n) is 9.48. The van der Waals surface area contributed by atoms with Crippen LogP contribution in [-0.2, 0) is 19.7 Å². The number of hydrogen-bond donors (Lipinski definition) is 4. The van der Waals surface area contributed by atoms with Crippen LogP contribution in [0.4, 0.5) is 0 Å². The summed E-state index contributed by atoms with van der Waals surface area (Å²) < 4.78 is 45.0. The Balaban J connectivity index is 1.90. The van der Waals surface area contributed by atoms with Gasteiger partial charge in [-0.2, -0.15) is 0 Å². The molecule has 2 heterocycles. The van der Waals surface area contributed by atoms with Crippen LogP contribution in [0.15, 0.2) is 0 Å². The fourth-order valence-corrected chi connectivity index (χ4v) is 5.63. The van der Waals surface area contributed by atoms with Crippen LogP contribution < -0.4 is 10.9 Å². The molecule has 0 amide bonds. The van der Waals surface area contributed by atoms with Gasteiger partial charge in [0.15, 0.2) is 19.7 Å². The molecule has 0 bridgehead atoms. The molecule has 0 aromatic heterocycles. The quantitative estimate of drug-likeness (QED) is 0.393. The van der Waals surface area contributed by atoms with Gasteiger partial charge in [-0.05, 0) is 0 Å². The lowest BCUT2D eigenvalue weighted by Gasteiger charge is -2.20. The van der Waals surface area contributed by atoms with E-state index in [2.05, 4.69) is 10.9 Å². The zero-order chi connectivity index (χ0) is 13.6. The lowest BCUT2D eigenvalue weighted by molar-refractivity contribution is 0.127. The Morgan fingerprint density at radius 2 is 1.06 bits per heavy atom. The van der Waals surface area contributed by atoms with Gasteiger partial charge in [0.2, 0.25) is 0 Å². The van der Waals surface area contributed by atoms with Crippen LogP contribution in [-0.4, -0.2) is 74.4 Å². The summed E-state index contributed by atoms with van der Waals surface area (Å²) in [5.74, 6) is -1.04. The molecule has 2 saturated heterocycles. The van der Waals surface area contributed by atoms with Gasteiger partial charge in [0, 0.05) is 0 Å². The molecule has 8 nitrogen and oxygen atoms in total. The van der Waals surface area contributed by atoms with E-state index in [-0.39, 0.29) is 23.0 Å². The van der Waals surface area contributed by atoms with Crippen molar-refractivity contribution in [3.05, 3.63) is 0 Å². The van der Waals surface area contributed by atoms with Crippen molar-refractivity contribution < 1.29 is 27.0 Å². The minimum absolute atomic E-state index is 0.212. The van der Waals surface area contributed by atoms with Gasteiger partial charge in [-0.25, -0.2) is 16.8 Å². The third kappa shape index (κ3) is 3.19. The molecular formula is C8H16N2O6S2. The Morgan fingerprint density at radius 3 is 1.28 bits per heavy atom. The van der Waals surface area contributed by atoms with Gasteiger partial charge in [0.25, 0.3) is 0 Å². The second-order valence-electron chi connectivity index (χ2n) is 4.79. The number of aliphatic hydroxyl groups excluding tert-OH is 2. The summed E-state index contributed by atoms with van der Waals surface area (Å²) in [4.78, 5) is 0. The number of nitrogens with one attached hydrogen (secondary N) is 2. The largest absolute Gasteiger partial charge is 0.390 e. The molecule has 2 aliphatic heterocycles. The van der Waals surface area contributed by atoms with Crippen molar-refractivity contribution in [2.45, 2.75) is 24.3 Å². The monoisotopic (exact) mass is 300 g/mol. The first kappa shape index (κ1) is 14.2. The van der Waals surface area contributed by atoms with E-state index in [1.807, 2.05) is 0 Å². The molecular weight excluding hydrogens is 284 g/mol. The van der Waals surface area contributed by atoms with Crippen molar-refractivity contribution in [3.8, 4) is 0 Å². The summed E-state index contributed by atoms with van der Waals surface area (Å²) >= 11 is 0. The molecule has 0 radical (unpaired) electrons. The maximum Gasteiger partial charge on any atom is 0.154 e. The first-order valence-corrected chi connectivity index (χ1v) is 9.11. The number of sulfone groups is 2. The fourth-order valence-electron chi connectivity index (χ4n) is 2.15. The molecule has 0 saturated carbocycles. The average molecular weight is 300 g/mol. The fraction of sp³-hybridized carbons (Fsp3) is 1.00. The van der Waals surface area contributed by atoms with E-state index in [0.29, 0.717) is 0 Å². The molecule has 0 unspecified atom stereocenters. The number of rotatable bonds is 3. The van der Waals surface area contributed by atoms with E-state index in [1.165, 1.54) is 0 Å².